The summed E-state index contributed by atoms with van der Waals surface area (Å²) < 4.78 is 26.6. The molecule has 1 aliphatic heterocycles. The molecule has 1 aliphatic rings. The number of morpholine rings is 1. The minimum atomic E-state index is -0.946. The lowest BCUT2D eigenvalue weighted by molar-refractivity contribution is -0.0264. The van der Waals surface area contributed by atoms with Crippen LogP contribution >= 0.6 is 0 Å². The molecule has 0 bridgehead atoms. The summed E-state index contributed by atoms with van der Waals surface area (Å²) in [4.78, 5) is 21.3. The van der Waals surface area contributed by atoms with E-state index in [2.05, 4.69) is 19.9 Å². The molecule has 35 heavy (non-hydrogen) atoms. The molecule has 0 radical (unpaired) electrons. The zero-order valence-electron chi connectivity index (χ0n) is 20.4. The highest BCUT2D eigenvalue weighted by molar-refractivity contribution is 5.57. The van der Waals surface area contributed by atoms with Gasteiger partial charge in [0.1, 0.15) is 12.0 Å². The number of aliphatic hydroxyl groups is 1. The van der Waals surface area contributed by atoms with E-state index in [0.717, 1.165) is 0 Å². The van der Waals surface area contributed by atoms with Gasteiger partial charge in [-0.25, -0.2) is 9.37 Å². The molecule has 4 rings (SSSR count). The fourth-order valence-corrected chi connectivity index (χ4v) is 3.83. The summed E-state index contributed by atoms with van der Waals surface area (Å²) in [6.45, 7) is 6.58. The minimum absolute atomic E-state index is 0.0117. The number of pyridine rings is 1. The Labute approximate surface area is 203 Å². The molecule has 186 valence electrons. The van der Waals surface area contributed by atoms with Crippen LogP contribution in [0.15, 0.2) is 36.5 Å². The van der Waals surface area contributed by atoms with Gasteiger partial charge in [-0.05, 0) is 64.7 Å². The lowest BCUT2D eigenvalue weighted by Gasteiger charge is -2.41. The first-order valence-electron chi connectivity index (χ1n) is 11.3. The second-order valence-corrected chi connectivity index (χ2v) is 8.89. The molecule has 0 amide bonds. The number of hydrogen-bond acceptors (Lipinski definition) is 10. The average molecular weight is 484 g/mol. The van der Waals surface area contributed by atoms with Crippen molar-refractivity contribution in [1.82, 2.24) is 24.8 Å². The monoisotopic (exact) mass is 483 g/mol. The van der Waals surface area contributed by atoms with Crippen molar-refractivity contribution in [3.05, 3.63) is 47.9 Å². The Bertz CT molecular complexity index is 1180. The Morgan fingerprint density at radius 2 is 1.94 bits per heavy atom. The largest absolute Gasteiger partial charge is 0.421 e. The Balaban J connectivity index is 1.73. The van der Waals surface area contributed by atoms with Gasteiger partial charge in [0.25, 0.3) is 0 Å². The van der Waals surface area contributed by atoms with Crippen molar-refractivity contribution in [2.75, 3.05) is 31.3 Å². The van der Waals surface area contributed by atoms with E-state index in [4.69, 9.17) is 15.2 Å². The number of nitrogen functional groups attached to an aromatic ring is 1. The number of rotatable bonds is 6. The maximum atomic E-state index is 14.9. The molecule has 0 saturated carbocycles. The van der Waals surface area contributed by atoms with Gasteiger partial charge in [0.05, 0.1) is 18.2 Å². The van der Waals surface area contributed by atoms with Crippen LogP contribution in [0.25, 0.3) is 11.4 Å². The predicted octanol–water partition coefficient (Wildman–Crippen LogP) is 3.00. The molecule has 3 aromatic rings. The summed E-state index contributed by atoms with van der Waals surface area (Å²) in [6, 6.07) is 7.56. The molecule has 3 N–H and O–H groups in total. The van der Waals surface area contributed by atoms with Crippen LogP contribution in [0.3, 0.4) is 0 Å². The van der Waals surface area contributed by atoms with E-state index in [1.807, 2.05) is 25.7 Å². The lowest BCUT2D eigenvalue weighted by Crippen LogP contribution is -2.52. The van der Waals surface area contributed by atoms with Crippen molar-refractivity contribution in [3.63, 3.8) is 0 Å². The van der Waals surface area contributed by atoms with E-state index < -0.39 is 12.0 Å². The van der Waals surface area contributed by atoms with E-state index in [1.54, 1.807) is 43.4 Å². The molecule has 0 aliphatic carbocycles. The zero-order valence-corrected chi connectivity index (χ0v) is 20.4. The highest BCUT2D eigenvalue weighted by Crippen LogP contribution is 2.30. The molecule has 1 fully saturated rings. The fourth-order valence-electron chi connectivity index (χ4n) is 3.83. The summed E-state index contributed by atoms with van der Waals surface area (Å²) >= 11 is 0. The van der Waals surface area contributed by atoms with Crippen LogP contribution in [0, 0.1) is 5.82 Å². The Morgan fingerprint density at radius 3 is 2.60 bits per heavy atom. The van der Waals surface area contributed by atoms with E-state index in [0.29, 0.717) is 35.3 Å². The molecule has 11 heteroatoms. The topological polar surface area (TPSA) is 123 Å². The van der Waals surface area contributed by atoms with Crippen LogP contribution in [0.1, 0.15) is 32.6 Å². The number of nitrogens with two attached hydrogens (primary N) is 1. The van der Waals surface area contributed by atoms with Gasteiger partial charge in [0.2, 0.25) is 5.95 Å². The third-order valence-electron chi connectivity index (χ3n) is 5.92. The number of nitrogens with zero attached hydrogens (tertiary/aromatic N) is 6. The molecule has 1 saturated heterocycles. The molecule has 0 spiro atoms. The number of hydrogen-bond donors (Lipinski definition) is 2. The lowest BCUT2D eigenvalue weighted by atomic mass is 10.1. The quantitative estimate of drug-likeness (QED) is 0.506. The van der Waals surface area contributed by atoms with Crippen molar-refractivity contribution in [3.8, 4) is 23.1 Å². The van der Waals surface area contributed by atoms with Crippen LogP contribution in [-0.2, 0) is 4.74 Å². The Morgan fingerprint density at radius 1 is 1.17 bits per heavy atom. The second-order valence-electron chi connectivity index (χ2n) is 8.89. The van der Waals surface area contributed by atoms with E-state index in [9.17, 15) is 9.50 Å². The van der Waals surface area contributed by atoms with Gasteiger partial charge >= 0.3 is 6.01 Å². The maximum absolute atomic E-state index is 14.9. The van der Waals surface area contributed by atoms with Crippen molar-refractivity contribution in [2.24, 2.45) is 0 Å². The molecule has 3 heterocycles. The number of ether oxygens (including phenoxy) is 2. The SMILES string of the molecule is CC1CN(c2nc(Oc3ccc(C(O)N(C)C)cc3F)nc(-c3ccc(N)nc3)n2)C(C)C(C)O1. The first kappa shape index (κ1) is 24.7. The van der Waals surface area contributed by atoms with E-state index in [-0.39, 0.29) is 30.0 Å². The minimum Gasteiger partial charge on any atom is -0.421 e. The Hall–Kier alpha value is -3.41. The molecular weight excluding hydrogens is 453 g/mol. The van der Waals surface area contributed by atoms with Crippen LogP contribution in [0.4, 0.5) is 16.2 Å². The smallest absolute Gasteiger partial charge is 0.327 e. The molecular formula is C24H30FN7O3. The highest BCUT2D eigenvalue weighted by Gasteiger charge is 2.32. The van der Waals surface area contributed by atoms with Crippen LogP contribution in [-0.4, -0.2) is 68.8 Å². The van der Waals surface area contributed by atoms with Crippen LogP contribution < -0.4 is 15.4 Å². The zero-order chi connectivity index (χ0) is 25.3. The number of anilines is 2. The van der Waals surface area contributed by atoms with E-state index in [1.165, 1.54) is 12.1 Å². The molecule has 4 unspecified atom stereocenters. The van der Waals surface area contributed by atoms with E-state index >= 15 is 0 Å². The molecule has 2 aromatic heterocycles. The number of benzene rings is 1. The normalized spacial score (nSPS) is 21.3. The van der Waals surface area contributed by atoms with Gasteiger partial charge in [-0.3, -0.25) is 4.90 Å². The molecule has 10 nitrogen and oxygen atoms in total. The van der Waals surface area contributed by atoms with Crippen molar-refractivity contribution >= 4 is 11.8 Å². The van der Waals surface area contributed by atoms with Gasteiger partial charge in [-0.1, -0.05) is 6.07 Å². The van der Waals surface area contributed by atoms with Crippen LogP contribution in [0.2, 0.25) is 0 Å². The third-order valence-corrected chi connectivity index (χ3v) is 5.92. The fraction of sp³-hybridized carbons (Fsp3) is 0.417. The number of aliphatic hydroxyl groups excluding tert-OH is 1. The second kappa shape index (κ2) is 10.1. The summed E-state index contributed by atoms with van der Waals surface area (Å²) in [5.41, 5.74) is 6.74. The van der Waals surface area contributed by atoms with Gasteiger partial charge < -0.3 is 25.2 Å². The summed E-state index contributed by atoms with van der Waals surface area (Å²) in [7, 11) is 3.39. The summed E-state index contributed by atoms with van der Waals surface area (Å²) in [5, 5.41) is 10.2. The number of aromatic nitrogens is 4. The van der Waals surface area contributed by atoms with Crippen molar-refractivity contribution < 1.29 is 19.0 Å². The van der Waals surface area contributed by atoms with Gasteiger partial charge in [0.15, 0.2) is 17.4 Å². The van der Waals surface area contributed by atoms with Gasteiger partial charge in [-0.15, -0.1) is 0 Å². The maximum Gasteiger partial charge on any atom is 0.327 e. The van der Waals surface area contributed by atoms with Crippen molar-refractivity contribution in [2.45, 2.75) is 45.2 Å². The average Bonchev–Trinajstić information content (AvgIpc) is 2.82. The van der Waals surface area contributed by atoms with Gasteiger partial charge in [0, 0.05) is 18.3 Å². The van der Waals surface area contributed by atoms with Gasteiger partial charge in [-0.2, -0.15) is 15.0 Å². The number of halogens is 1. The first-order chi connectivity index (χ1) is 16.6. The highest BCUT2D eigenvalue weighted by atomic mass is 19.1. The predicted molar refractivity (Wildman–Crippen MR) is 129 cm³/mol. The molecule has 1 aromatic carbocycles. The third kappa shape index (κ3) is 5.47. The standard InChI is InChI=1S/C24H30FN7O3/c1-13-12-32(14(2)15(3)34-13)23-28-21(17-7-9-20(26)27-11-17)29-24(30-23)35-19-8-6-16(10-18(19)25)22(33)31(4)5/h6-11,13-15,22,33H,12H2,1-5H3,(H2,26,27). The van der Waals surface area contributed by atoms with Crippen LogP contribution in [0.5, 0.6) is 11.8 Å². The first-order valence-corrected chi connectivity index (χ1v) is 11.3. The van der Waals surface area contributed by atoms with Crippen molar-refractivity contribution in [1.29, 1.82) is 0 Å². The Kier molecular flexibility index (Phi) is 7.10. The summed E-state index contributed by atoms with van der Waals surface area (Å²) in [5.74, 6) is 0.344. The molecule has 4 atom stereocenters. The summed E-state index contributed by atoms with van der Waals surface area (Å²) in [6.07, 6.45) is 0.537.